The lowest BCUT2D eigenvalue weighted by Crippen LogP contribution is -2.24. The predicted molar refractivity (Wildman–Crippen MR) is 65.7 cm³/mol. The lowest BCUT2D eigenvalue weighted by Gasteiger charge is -2.09. The number of nitrogens with two attached hydrogens (primary N) is 1. The quantitative estimate of drug-likeness (QED) is 0.616. The van der Waals surface area contributed by atoms with E-state index in [0.29, 0.717) is 5.69 Å². The molecule has 88 valence electrons. The van der Waals surface area contributed by atoms with Crippen LogP contribution in [0.15, 0.2) is 29.7 Å². The number of sulfonamides is 1. The highest BCUT2D eigenvalue weighted by molar-refractivity contribution is 7.89. The Bertz CT molecular complexity index is 484. The van der Waals surface area contributed by atoms with Gasteiger partial charge in [0.2, 0.25) is 10.0 Å². The van der Waals surface area contributed by atoms with Gasteiger partial charge in [0.1, 0.15) is 0 Å². The first-order valence-electron chi connectivity index (χ1n) is 4.86. The van der Waals surface area contributed by atoms with Crippen molar-refractivity contribution in [2.24, 2.45) is 0 Å². The minimum Gasteiger partial charge on any atom is -0.398 e. The van der Waals surface area contributed by atoms with E-state index >= 15 is 0 Å². The largest absolute Gasteiger partial charge is 0.398 e. The SMILES string of the molecule is C=CCNS(=O)(=O)c1cc(C)c(C)c(N)c1. The maximum absolute atomic E-state index is 11.8. The van der Waals surface area contributed by atoms with E-state index in [0.717, 1.165) is 11.1 Å². The molecule has 0 bridgehead atoms. The van der Waals surface area contributed by atoms with Gasteiger partial charge in [-0.3, -0.25) is 0 Å². The van der Waals surface area contributed by atoms with E-state index in [9.17, 15) is 8.42 Å². The highest BCUT2D eigenvalue weighted by Gasteiger charge is 2.14. The third kappa shape index (κ3) is 2.62. The zero-order valence-corrected chi connectivity index (χ0v) is 10.3. The zero-order chi connectivity index (χ0) is 12.3. The van der Waals surface area contributed by atoms with E-state index in [1.165, 1.54) is 12.1 Å². The summed E-state index contributed by atoms with van der Waals surface area (Å²) >= 11 is 0. The second kappa shape index (κ2) is 4.67. The van der Waals surface area contributed by atoms with Crippen LogP contribution in [0.4, 0.5) is 5.69 Å². The van der Waals surface area contributed by atoms with Gasteiger partial charge in [0.05, 0.1) is 4.90 Å². The van der Waals surface area contributed by atoms with Gasteiger partial charge in [0, 0.05) is 12.2 Å². The van der Waals surface area contributed by atoms with Crippen molar-refractivity contribution in [3.63, 3.8) is 0 Å². The fourth-order valence-electron chi connectivity index (χ4n) is 1.26. The molecule has 5 heteroatoms. The Kier molecular flexibility index (Phi) is 3.72. The maximum Gasteiger partial charge on any atom is 0.240 e. The fraction of sp³-hybridized carbons (Fsp3) is 0.273. The van der Waals surface area contributed by atoms with Crippen LogP contribution in [0.25, 0.3) is 0 Å². The van der Waals surface area contributed by atoms with E-state index < -0.39 is 10.0 Å². The molecule has 0 saturated heterocycles. The molecule has 4 nitrogen and oxygen atoms in total. The first-order chi connectivity index (χ1) is 7.38. The summed E-state index contributed by atoms with van der Waals surface area (Å²) in [5, 5.41) is 0. The van der Waals surface area contributed by atoms with Crippen molar-refractivity contribution in [3.8, 4) is 0 Å². The van der Waals surface area contributed by atoms with Crippen LogP contribution in [0.3, 0.4) is 0 Å². The van der Waals surface area contributed by atoms with Crippen LogP contribution in [0, 0.1) is 13.8 Å². The Morgan fingerprint density at radius 2 is 2.06 bits per heavy atom. The van der Waals surface area contributed by atoms with Gasteiger partial charge >= 0.3 is 0 Å². The fourth-order valence-corrected chi connectivity index (χ4v) is 2.38. The third-order valence-corrected chi connectivity index (χ3v) is 3.81. The molecule has 16 heavy (non-hydrogen) atoms. The first kappa shape index (κ1) is 12.7. The summed E-state index contributed by atoms with van der Waals surface area (Å²) in [5.74, 6) is 0. The van der Waals surface area contributed by atoms with Crippen molar-refractivity contribution in [1.82, 2.24) is 4.72 Å². The first-order valence-corrected chi connectivity index (χ1v) is 6.34. The number of rotatable bonds is 4. The van der Waals surface area contributed by atoms with E-state index in [1.807, 2.05) is 13.8 Å². The van der Waals surface area contributed by atoms with Crippen LogP contribution in [0.1, 0.15) is 11.1 Å². The Morgan fingerprint density at radius 1 is 1.44 bits per heavy atom. The zero-order valence-electron chi connectivity index (χ0n) is 9.45. The van der Waals surface area contributed by atoms with Gasteiger partial charge in [0.25, 0.3) is 0 Å². The monoisotopic (exact) mass is 240 g/mol. The standard InChI is InChI=1S/C11H16N2O2S/c1-4-5-13-16(14,15)10-6-8(2)9(3)11(12)7-10/h4,6-7,13H,1,5,12H2,2-3H3. The maximum atomic E-state index is 11.8. The summed E-state index contributed by atoms with van der Waals surface area (Å²) < 4.78 is 26.0. The molecule has 0 fully saturated rings. The highest BCUT2D eigenvalue weighted by Crippen LogP contribution is 2.21. The van der Waals surface area contributed by atoms with Crippen molar-refractivity contribution in [3.05, 3.63) is 35.9 Å². The lowest BCUT2D eigenvalue weighted by atomic mass is 10.1. The number of nitrogen functional groups attached to an aromatic ring is 1. The molecule has 0 aliphatic heterocycles. The number of aryl methyl sites for hydroxylation is 1. The summed E-state index contributed by atoms with van der Waals surface area (Å²) in [7, 11) is -3.49. The molecule has 0 saturated carbocycles. The summed E-state index contributed by atoms with van der Waals surface area (Å²) in [6.07, 6.45) is 1.49. The molecule has 0 aliphatic rings. The van der Waals surface area contributed by atoms with E-state index in [4.69, 9.17) is 5.73 Å². The van der Waals surface area contributed by atoms with Crippen molar-refractivity contribution < 1.29 is 8.42 Å². The average Bonchev–Trinajstić information content (AvgIpc) is 2.22. The molecule has 0 heterocycles. The molecule has 0 radical (unpaired) electrons. The molecule has 0 aliphatic carbocycles. The van der Waals surface area contributed by atoms with Gasteiger partial charge in [-0.25, -0.2) is 13.1 Å². The number of benzene rings is 1. The Labute approximate surface area is 96.2 Å². The molecule has 0 spiro atoms. The van der Waals surface area contributed by atoms with Crippen LogP contribution >= 0.6 is 0 Å². The van der Waals surface area contributed by atoms with Gasteiger partial charge in [0.15, 0.2) is 0 Å². The number of nitrogens with one attached hydrogen (secondary N) is 1. The Morgan fingerprint density at radius 3 is 2.56 bits per heavy atom. The van der Waals surface area contributed by atoms with Crippen molar-refractivity contribution >= 4 is 15.7 Å². The third-order valence-electron chi connectivity index (χ3n) is 2.41. The Balaban J connectivity index is 3.19. The molecule has 3 N–H and O–H groups in total. The molecule has 0 unspecified atom stereocenters. The molecule has 0 aromatic heterocycles. The smallest absolute Gasteiger partial charge is 0.240 e. The topological polar surface area (TPSA) is 72.2 Å². The van der Waals surface area contributed by atoms with E-state index in [-0.39, 0.29) is 11.4 Å². The van der Waals surface area contributed by atoms with Crippen molar-refractivity contribution in [2.45, 2.75) is 18.7 Å². The predicted octanol–water partition coefficient (Wildman–Crippen LogP) is 1.35. The molecule has 0 atom stereocenters. The molecule has 1 aromatic rings. The van der Waals surface area contributed by atoms with Crippen LogP contribution in [0.2, 0.25) is 0 Å². The summed E-state index contributed by atoms with van der Waals surface area (Å²) in [6, 6.07) is 3.07. The summed E-state index contributed by atoms with van der Waals surface area (Å²) in [5.41, 5.74) is 7.99. The highest BCUT2D eigenvalue weighted by atomic mass is 32.2. The van der Waals surface area contributed by atoms with Gasteiger partial charge in [-0.1, -0.05) is 6.08 Å². The van der Waals surface area contributed by atoms with Gasteiger partial charge in [-0.2, -0.15) is 0 Å². The van der Waals surface area contributed by atoms with Gasteiger partial charge in [-0.05, 0) is 37.1 Å². The number of hydrogen-bond donors (Lipinski definition) is 2. The molecule has 1 aromatic carbocycles. The van der Waals surface area contributed by atoms with Crippen LogP contribution in [-0.4, -0.2) is 15.0 Å². The van der Waals surface area contributed by atoms with Gasteiger partial charge in [-0.15, -0.1) is 6.58 Å². The normalized spacial score (nSPS) is 11.4. The van der Waals surface area contributed by atoms with Crippen LogP contribution in [0.5, 0.6) is 0 Å². The second-order valence-electron chi connectivity index (χ2n) is 3.59. The Hall–Kier alpha value is -1.33. The lowest BCUT2D eigenvalue weighted by molar-refractivity contribution is 0.585. The van der Waals surface area contributed by atoms with E-state index in [2.05, 4.69) is 11.3 Å². The molecule has 0 amide bonds. The molecular formula is C11H16N2O2S. The number of hydrogen-bond acceptors (Lipinski definition) is 3. The summed E-state index contributed by atoms with van der Waals surface area (Å²) in [4.78, 5) is 0.190. The van der Waals surface area contributed by atoms with Crippen LogP contribution < -0.4 is 10.5 Å². The second-order valence-corrected chi connectivity index (χ2v) is 5.36. The minimum absolute atomic E-state index is 0.190. The number of anilines is 1. The van der Waals surface area contributed by atoms with Crippen molar-refractivity contribution in [2.75, 3.05) is 12.3 Å². The van der Waals surface area contributed by atoms with Gasteiger partial charge < -0.3 is 5.73 Å². The summed E-state index contributed by atoms with van der Waals surface area (Å²) in [6.45, 7) is 7.35. The molecular weight excluding hydrogens is 224 g/mol. The van der Waals surface area contributed by atoms with Crippen molar-refractivity contribution in [1.29, 1.82) is 0 Å². The van der Waals surface area contributed by atoms with Crippen LogP contribution in [-0.2, 0) is 10.0 Å². The van der Waals surface area contributed by atoms with E-state index in [1.54, 1.807) is 6.07 Å². The minimum atomic E-state index is -3.49. The molecule has 1 rings (SSSR count). The average molecular weight is 240 g/mol.